The highest BCUT2D eigenvalue weighted by molar-refractivity contribution is 5.41. The molecule has 0 bridgehead atoms. The van der Waals surface area contributed by atoms with E-state index in [9.17, 15) is 9.50 Å². The summed E-state index contributed by atoms with van der Waals surface area (Å²) in [7, 11) is 1.45. The predicted molar refractivity (Wildman–Crippen MR) is 63.5 cm³/mol. The second-order valence-corrected chi connectivity index (χ2v) is 3.67. The van der Waals surface area contributed by atoms with Crippen molar-refractivity contribution < 1.29 is 14.2 Å². The first kappa shape index (κ1) is 11.6. The standard InChI is InChI=1S/C14H13FO2/c1-17-12-9-5-8-11(15)13(12)14(16)10-6-3-2-4-7-10/h2-9,14,16H,1H3. The van der Waals surface area contributed by atoms with Gasteiger partial charge in [0.05, 0.1) is 12.7 Å². The molecule has 0 aliphatic rings. The summed E-state index contributed by atoms with van der Waals surface area (Å²) in [6.07, 6.45) is -1.02. The lowest BCUT2D eigenvalue weighted by Crippen LogP contribution is -2.05. The summed E-state index contributed by atoms with van der Waals surface area (Å²) in [6, 6.07) is 13.4. The Labute approximate surface area is 99.3 Å². The fraction of sp³-hybridized carbons (Fsp3) is 0.143. The van der Waals surface area contributed by atoms with Gasteiger partial charge in [-0.15, -0.1) is 0 Å². The van der Waals surface area contributed by atoms with Gasteiger partial charge in [0, 0.05) is 0 Å². The molecule has 0 fully saturated rings. The first-order valence-corrected chi connectivity index (χ1v) is 5.29. The van der Waals surface area contributed by atoms with Crippen molar-refractivity contribution in [3.8, 4) is 5.75 Å². The number of benzene rings is 2. The maximum Gasteiger partial charge on any atom is 0.133 e. The summed E-state index contributed by atoms with van der Waals surface area (Å²) in [6.45, 7) is 0. The lowest BCUT2D eigenvalue weighted by molar-refractivity contribution is 0.209. The van der Waals surface area contributed by atoms with E-state index in [2.05, 4.69) is 0 Å². The molecule has 88 valence electrons. The molecule has 1 unspecified atom stereocenters. The van der Waals surface area contributed by atoms with Crippen LogP contribution in [0, 0.1) is 5.82 Å². The number of halogens is 1. The van der Waals surface area contributed by atoms with Gasteiger partial charge in [0.15, 0.2) is 0 Å². The van der Waals surface area contributed by atoms with Crippen LogP contribution < -0.4 is 4.74 Å². The fourth-order valence-corrected chi connectivity index (χ4v) is 1.76. The number of rotatable bonds is 3. The van der Waals surface area contributed by atoms with E-state index >= 15 is 0 Å². The van der Waals surface area contributed by atoms with Crippen LogP contribution in [0.1, 0.15) is 17.2 Å². The molecule has 0 aromatic heterocycles. The summed E-state index contributed by atoms with van der Waals surface area (Å²) in [4.78, 5) is 0. The zero-order chi connectivity index (χ0) is 12.3. The fourth-order valence-electron chi connectivity index (χ4n) is 1.76. The van der Waals surface area contributed by atoms with Crippen LogP contribution in [0.5, 0.6) is 5.75 Å². The highest BCUT2D eigenvalue weighted by Crippen LogP contribution is 2.31. The van der Waals surface area contributed by atoms with Gasteiger partial charge in [0.25, 0.3) is 0 Å². The Morgan fingerprint density at radius 2 is 1.76 bits per heavy atom. The maximum atomic E-state index is 13.7. The minimum Gasteiger partial charge on any atom is -0.496 e. The SMILES string of the molecule is COc1cccc(F)c1C(O)c1ccccc1. The molecule has 0 spiro atoms. The molecule has 2 rings (SSSR count). The number of hydrogen-bond acceptors (Lipinski definition) is 2. The molecule has 17 heavy (non-hydrogen) atoms. The molecule has 0 aliphatic heterocycles. The third kappa shape index (κ3) is 2.29. The molecule has 0 radical (unpaired) electrons. The van der Waals surface area contributed by atoms with Gasteiger partial charge in [-0.2, -0.15) is 0 Å². The Hall–Kier alpha value is -1.87. The normalized spacial score (nSPS) is 12.2. The van der Waals surface area contributed by atoms with Crippen LogP contribution in [0.2, 0.25) is 0 Å². The molecule has 0 heterocycles. The molecule has 3 heteroatoms. The highest BCUT2D eigenvalue weighted by Gasteiger charge is 2.19. The first-order chi connectivity index (χ1) is 8.24. The second-order valence-electron chi connectivity index (χ2n) is 3.67. The molecule has 0 aliphatic carbocycles. The molecule has 2 aromatic carbocycles. The Morgan fingerprint density at radius 3 is 2.41 bits per heavy atom. The maximum absolute atomic E-state index is 13.7. The monoisotopic (exact) mass is 232 g/mol. The van der Waals surface area contributed by atoms with Gasteiger partial charge in [-0.25, -0.2) is 4.39 Å². The van der Waals surface area contributed by atoms with Crippen LogP contribution in [-0.2, 0) is 0 Å². The van der Waals surface area contributed by atoms with Crippen molar-refractivity contribution in [2.75, 3.05) is 7.11 Å². The van der Waals surface area contributed by atoms with Crippen molar-refractivity contribution in [3.63, 3.8) is 0 Å². The summed E-state index contributed by atoms with van der Waals surface area (Å²) in [5.41, 5.74) is 0.803. The number of hydrogen-bond donors (Lipinski definition) is 1. The predicted octanol–water partition coefficient (Wildman–Crippen LogP) is 2.92. The van der Waals surface area contributed by atoms with Crippen LogP contribution in [0.15, 0.2) is 48.5 Å². The van der Waals surface area contributed by atoms with Crippen LogP contribution in [-0.4, -0.2) is 12.2 Å². The third-order valence-corrected chi connectivity index (χ3v) is 2.62. The van der Waals surface area contributed by atoms with E-state index in [0.717, 1.165) is 0 Å². The van der Waals surface area contributed by atoms with E-state index in [-0.39, 0.29) is 5.56 Å². The van der Waals surface area contributed by atoms with Crippen molar-refractivity contribution in [2.45, 2.75) is 6.10 Å². The van der Waals surface area contributed by atoms with Gasteiger partial charge < -0.3 is 9.84 Å². The van der Waals surface area contributed by atoms with Gasteiger partial charge >= 0.3 is 0 Å². The van der Waals surface area contributed by atoms with E-state index in [1.54, 1.807) is 36.4 Å². The Balaban J connectivity index is 2.47. The van der Waals surface area contributed by atoms with Crippen molar-refractivity contribution in [1.82, 2.24) is 0 Å². The Bertz CT molecular complexity index is 497. The Kier molecular flexibility index (Phi) is 3.40. The van der Waals surface area contributed by atoms with Crippen LogP contribution in [0.3, 0.4) is 0 Å². The average Bonchev–Trinajstić information content (AvgIpc) is 2.38. The average molecular weight is 232 g/mol. The van der Waals surface area contributed by atoms with Crippen LogP contribution in [0.4, 0.5) is 4.39 Å². The minimum atomic E-state index is -1.02. The lowest BCUT2D eigenvalue weighted by atomic mass is 10.0. The van der Waals surface area contributed by atoms with Crippen LogP contribution >= 0.6 is 0 Å². The summed E-state index contributed by atoms with van der Waals surface area (Å²) >= 11 is 0. The van der Waals surface area contributed by atoms with Gasteiger partial charge in [-0.3, -0.25) is 0 Å². The van der Waals surface area contributed by atoms with E-state index in [4.69, 9.17) is 4.74 Å². The van der Waals surface area contributed by atoms with Crippen molar-refractivity contribution >= 4 is 0 Å². The molecule has 0 saturated carbocycles. The number of aliphatic hydroxyl groups excluding tert-OH is 1. The zero-order valence-corrected chi connectivity index (χ0v) is 9.43. The zero-order valence-electron chi connectivity index (χ0n) is 9.43. The Morgan fingerprint density at radius 1 is 1.06 bits per heavy atom. The molecular weight excluding hydrogens is 219 g/mol. The molecule has 2 aromatic rings. The number of ether oxygens (including phenoxy) is 1. The van der Waals surface area contributed by atoms with E-state index in [1.165, 1.54) is 13.2 Å². The second kappa shape index (κ2) is 4.97. The highest BCUT2D eigenvalue weighted by atomic mass is 19.1. The van der Waals surface area contributed by atoms with E-state index in [0.29, 0.717) is 11.3 Å². The summed E-state index contributed by atoms with van der Waals surface area (Å²) < 4.78 is 18.8. The summed E-state index contributed by atoms with van der Waals surface area (Å²) in [5.74, 6) is -0.123. The van der Waals surface area contributed by atoms with Gasteiger partial charge in [0.2, 0.25) is 0 Å². The molecule has 0 amide bonds. The van der Waals surface area contributed by atoms with E-state index < -0.39 is 11.9 Å². The van der Waals surface area contributed by atoms with Gasteiger partial charge in [0.1, 0.15) is 17.7 Å². The van der Waals surface area contributed by atoms with Crippen LogP contribution in [0.25, 0.3) is 0 Å². The lowest BCUT2D eigenvalue weighted by Gasteiger charge is -2.15. The smallest absolute Gasteiger partial charge is 0.133 e. The van der Waals surface area contributed by atoms with Crippen molar-refractivity contribution in [3.05, 3.63) is 65.5 Å². The molecule has 1 N–H and O–H groups in total. The van der Waals surface area contributed by atoms with Gasteiger partial charge in [-0.1, -0.05) is 36.4 Å². The number of methoxy groups -OCH3 is 1. The van der Waals surface area contributed by atoms with Crippen molar-refractivity contribution in [2.24, 2.45) is 0 Å². The van der Waals surface area contributed by atoms with Gasteiger partial charge in [-0.05, 0) is 17.7 Å². The molecule has 0 saturated heterocycles. The topological polar surface area (TPSA) is 29.5 Å². The largest absolute Gasteiger partial charge is 0.496 e. The van der Waals surface area contributed by atoms with E-state index in [1.807, 2.05) is 6.07 Å². The number of aliphatic hydroxyl groups is 1. The quantitative estimate of drug-likeness (QED) is 0.881. The third-order valence-electron chi connectivity index (χ3n) is 2.62. The molecule has 2 nitrogen and oxygen atoms in total. The molecule has 1 atom stereocenters. The first-order valence-electron chi connectivity index (χ1n) is 5.29. The van der Waals surface area contributed by atoms with Crippen molar-refractivity contribution in [1.29, 1.82) is 0 Å². The molecular formula is C14H13FO2. The summed E-state index contributed by atoms with van der Waals surface area (Å²) in [5, 5.41) is 10.2. The minimum absolute atomic E-state index is 0.168.